The molecule has 0 aromatic heterocycles. The zero-order valence-electron chi connectivity index (χ0n) is 16.7. The Labute approximate surface area is 170 Å². The van der Waals surface area contributed by atoms with Crippen LogP contribution in [0.25, 0.3) is 0 Å². The summed E-state index contributed by atoms with van der Waals surface area (Å²) in [6.45, 7) is 5.79. The minimum Gasteiger partial charge on any atom is -0.478 e. The van der Waals surface area contributed by atoms with Crippen molar-refractivity contribution in [3.8, 4) is 0 Å². The van der Waals surface area contributed by atoms with E-state index < -0.39 is 5.97 Å². The number of nitrogens with zero attached hydrogens (tertiary/aromatic N) is 3. The maximum Gasteiger partial charge on any atom is 0.335 e. The number of anilines is 2. The van der Waals surface area contributed by atoms with E-state index in [4.69, 9.17) is 0 Å². The van der Waals surface area contributed by atoms with Crippen molar-refractivity contribution in [3.05, 3.63) is 59.7 Å². The number of likely N-dealkylation sites (N-methyl/N-ethyl adjacent to an activating group) is 1. The number of rotatable bonds is 7. The van der Waals surface area contributed by atoms with Crippen LogP contribution in [0.3, 0.4) is 0 Å². The molecule has 0 spiro atoms. The van der Waals surface area contributed by atoms with Gasteiger partial charge in [-0.05, 0) is 36.9 Å². The van der Waals surface area contributed by atoms with E-state index in [1.807, 2.05) is 49.1 Å². The van der Waals surface area contributed by atoms with Gasteiger partial charge in [-0.1, -0.05) is 44.2 Å². The summed E-state index contributed by atoms with van der Waals surface area (Å²) in [5, 5.41) is 9.39. The molecule has 29 heavy (non-hydrogen) atoms. The average molecular weight is 395 g/mol. The van der Waals surface area contributed by atoms with E-state index in [1.54, 1.807) is 11.0 Å². The van der Waals surface area contributed by atoms with Gasteiger partial charge in [-0.2, -0.15) is 0 Å². The Hall–Kier alpha value is -3.19. The number of carboxylic acids is 1. The van der Waals surface area contributed by atoms with Crippen LogP contribution in [-0.4, -0.2) is 54.0 Å². The highest BCUT2D eigenvalue weighted by molar-refractivity contribution is 6.12. The average Bonchev–Trinajstić information content (AvgIpc) is 2.73. The minimum absolute atomic E-state index is 0.0819. The fourth-order valence-corrected chi connectivity index (χ4v) is 3.43. The van der Waals surface area contributed by atoms with Crippen LogP contribution in [-0.2, 0) is 16.1 Å². The molecule has 0 bridgehead atoms. The Morgan fingerprint density at radius 1 is 1.03 bits per heavy atom. The van der Waals surface area contributed by atoms with E-state index in [1.165, 1.54) is 17.0 Å². The van der Waals surface area contributed by atoms with Crippen molar-refractivity contribution >= 4 is 29.2 Å². The summed E-state index contributed by atoms with van der Waals surface area (Å²) in [6, 6.07) is 14.1. The Morgan fingerprint density at radius 2 is 1.72 bits per heavy atom. The van der Waals surface area contributed by atoms with Crippen LogP contribution < -0.4 is 9.80 Å². The first-order chi connectivity index (χ1) is 13.9. The Balaban J connectivity index is 1.99. The Morgan fingerprint density at radius 3 is 2.34 bits per heavy atom. The first kappa shape index (κ1) is 20.5. The highest BCUT2D eigenvalue weighted by atomic mass is 16.4. The molecule has 0 fully saturated rings. The van der Waals surface area contributed by atoms with Crippen LogP contribution in [0.5, 0.6) is 0 Å². The summed E-state index contributed by atoms with van der Waals surface area (Å²) in [5.41, 5.74) is 2.04. The number of amides is 2. The van der Waals surface area contributed by atoms with Crippen molar-refractivity contribution in [1.29, 1.82) is 0 Å². The van der Waals surface area contributed by atoms with E-state index in [9.17, 15) is 19.5 Å². The van der Waals surface area contributed by atoms with Gasteiger partial charge in [0.2, 0.25) is 11.8 Å². The van der Waals surface area contributed by atoms with Crippen molar-refractivity contribution in [1.82, 2.24) is 4.90 Å². The number of carbonyl (C=O) groups is 3. The van der Waals surface area contributed by atoms with E-state index in [0.717, 1.165) is 5.56 Å². The van der Waals surface area contributed by atoms with Crippen LogP contribution in [0.4, 0.5) is 11.4 Å². The zero-order chi connectivity index (χ0) is 21.0. The molecule has 2 aromatic rings. The lowest BCUT2D eigenvalue weighted by Crippen LogP contribution is -2.50. The normalized spacial score (nSPS) is 13.6. The molecule has 7 nitrogen and oxygen atoms in total. The number of fused-ring (bicyclic) bond motifs is 1. The molecule has 2 aromatic carbocycles. The quantitative estimate of drug-likeness (QED) is 0.779. The number of hydrogen-bond acceptors (Lipinski definition) is 4. The van der Waals surface area contributed by atoms with Gasteiger partial charge in [-0.25, -0.2) is 4.79 Å². The van der Waals surface area contributed by atoms with Crippen molar-refractivity contribution in [2.24, 2.45) is 0 Å². The first-order valence-corrected chi connectivity index (χ1v) is 9.69. The van der Waals surface area contributed by atoms with Crippen molar-refractivity contribution < 1.29 is 19.5 Å². The lowest BCUT2D eigenvalue weighted by molar-refractivity contribution is -0.123. The molecule has 1 aliphatic rings. The molecule has 3 rings (SSSR count). The topological polar surface area (TPSA) is 81.2 Å². The zero-order valence-corrected chi connectivity index (χ0v) is 16.7. The molecule has 0 unspecified atom stereocenters. The van der Waals surface area contributed by atoms with Gasteiger partial charge < -0.3 is 10.0 Å². The first-order valence-electron chi connectivity index (χ1n) is 9.69. The fourth-order valence-electron chi connectivity index (χ4n) is 3.43. The standard InChI is InChI=1S/C22H25N3O4/c1-3-23(4-2)14-20(26)25-15-21(27)24(13-16-8-6-5-7-9-16)18-11-10-17(22(28)29)12-19(18)25/h5-12H,3-4,13-15H2,1-2H3,(H,28,29). The van der Waals surface area contributed by atoms with E-state index in [-0.39, 0.29) is 30.5 Å². The maximum atomic E-state index is 12.9. The molecule has 152 valence electrons. The monoisotopic (exact) mass is 395 g/mol. The summed E-state index contributed by atoms with van der Waals surface area (Å²) in [4.78, 5) is 42.3. The van der Waals surface area contributed by atoms with Crippen LogP contribution >= 0.6 is 0 Å². The third kappa shape index (κ3) is 4.46. The predicted octanol–water partition coefficient (Wildman–Crippen LogP) is 2.61. The molecule has 0 aliphatic carbocycles. The van der Waals surface area contributed by atoms with Crippen molar-refractivity contribution in [2.45, 2.75) is 20.4 Å². The summed E-state index contributed by atoms with van der Waals surface area (Å²) >= 11 is 0. The van der Waals surface area contributed by atoms with Crippen LogP contribution in [0.15, 0.2) is 48.5 Å². The molecule has 2 amide bonds. The summed E-state index contributed by atoms with van der Waals surface area (Å²) in [6.07, 6.45) is 0. The van der Waals surface area contributed by atoms with Crippen LogP contribution in [0.1, 0.15) is 29.8 Å². The van der Waals surface area contributed by atoms with Gasteiger partial charge in [-0.15, -0.1) is 0 Å². The molecule has 1 heterocycles. The van der Waals surface area contributed by atoms with E-state index in [0.29, 0.717) is 31.0 Å². The third-order valence-electron chi connectivity index (χ3n) is 5.14. The number of aromatic carboxylic acids is 1. The van der Waals surface area contributed by atoms with Crippen molar-refractivity contribution in [3.63, 3.8) is 0 Å². The minimum atomic E-state index is -1.07. The number of hydrogen-bond donors (Lipinski definition) is 1. The van der Waals surface area contributed by atoms with E-state index in [2.05, 4.69) is 0 Å². The summed E-state index contributed by atoms with van der Waals surface area (Å²) in [7, 11) is 0. The van der Waals surface area contributed by atoms with E-state index >= 15 is 0 Å². The Bertz CT molecular complexity index is 910. The highest BCUT2D eigenvalue weighted by Gasteiger charge is 2.33. The largest absolute Gasteiger partial charge is 0.478 e. The number of carbonyl (C=O) groups excluding carboxylic acids is 2. The second kappa shape index (κ2) is 8.87. The number of benzene rings is 2. The fraction of sp³-hybridized carbons (Fsp3) is 0.318. The summed E-state index contributed by atoms with van der Waals surface area (Å²) < 4.78 is 0. The molecule has 1 N–H and O–H groups in total. The summed E-state index contributed by atoms with van der Waals surface area (Å²) in [5.74, 6) is -1.49. The van der Waals surface area contributed by atoms with Crippen molar-refractivity contribution in [2.75, 3.05) is 36.0 Å². The highest BCUT2D eigenvalue weighted by Crippen LogP contribution is 2.35. The van der Waals surface area contributed by atoms with Gasteiger partial charge >= 0.3 is 5.97 Å². The smallest absolute Gasteiger partial charge is 0.335 e. The molecular formula is C22H25N3O4. The Kier molecular flexibility index (Phi) is 6.29. The van der Waals surface area contributed by atoms with Gasteiger partial charge in [0.1, 0.15) is 6.54 Å². The predicted molar refractivity (Wildman–Crippen MR) is 111 cm³/mol. The third-order valence-corrected chi connectivity index (χ3v) is 5.14. The second-order valence-electron chi connectivity index (χ2n) is 6.92. The van der Waals surface area contributed by atoms with Gasteiger partial charge in [0, 0.05) is 0 Å². The molecular weight excluding hydrogens is 370 g/mol. The lowest BCUT2D eigenvalue weighted by Gasteiger charge is -2.37. The maximum absolute atomic E-state index is 12.9. The molecule has 1 aliphatic heterocycles. The van der Waals surface area contributed by atoms with Gasteiger partial charge in [0.15, 0.2) is 0 Å². The molecule has 0 radical (unpaired) electrons. The molecule has 0 saturated heterocycles. The molecule has 7 heteroatoms. The molecule has 0 atom stereocenters. The lowest BCUT2D eigenvalue weighted by atomic mass is 10.1. The number of carboxylic acid groups (broad SMARTS) is 1. The molecule has 0 saturated carbocycles. The van der Waals surface area contributed by atoms with Crippen LogP contribution in [0.2, 0.25) is 0 Å². The van der Waals surface area contributed by atoms with Gasteiger partial charge in [-0.3, -0.25) is 19.4 Å². The van der Waals surface area contributed by atoms with Gasteiger partial charge in [0.05, 0.1) is 30.0 Å². The van der Waals surface area contributed by atoms with Gasteiger partial charge in [0.25, 0.3) is 0 Å². The second-order valence-corrected chi connectivity index (χ2v) is 6.92. The SMILES string of the molecule is CCN(CC)CC(=O)N1CC(=O)N(Cc2ccccc2)c2ccc(C(=O)O)cc21. The van der Waals surface area contributed by atoms with Crippen LogP contribution in [0, 0.1) is 0 Å².